The van der Waals surface area contributed by atoms with Gasteiger partial charge >= 0.3 is 0 Å². The summed E-state index contributed by atoms with van der Waals surface area (Å²) < 4.78 is 0.947. The summed E-state index contributed by atoms with van der Waals surface area (Å²) in [5, 5.41) is 17.3. The fourth-order valence-corrected chi connectivity index (χ4v) is 1.68. The Morgan fingerprint density at radius 1 is 1.50 bits per heavy atom. The van der Waals surface area contributed by atoms with Crippen molar-refractivity contribution in [2.45, 2.75) is 19.0 Å². The molecule has 0 aliphatic rings. The summed E-state index contributed by atoms with van der Waals surface area (Å²) in [5.41, 5.74) is 6.35. The third-order valence-corrected chi connectivity index (χ3v) is 2.60. The molecule has 2 aromatic rings. The highest BCUT2D eigenvalue weighted by molar-refractivity contribution is 9.10. The molecule has 1 atom stereocenters. The maximum atomic E-state index is 8.82. The first-order valence-corrected chi connectivity index (χ1v) is 5.50. The summed E-state index contributed by atoms with van der Waals surface area (Å²) >= 11 is 3.36. The van der Waals surface area contributed by atoms with Gasteiger partial charge in [-0.15, -0.1) is 0 Å². The second-order valence-electron chi connectivity index (χ2n) is 3.89. The van der Waals surface area contributed by atoms with Crippen LogP contribution in [0.1, 0.15) is 6.92 Å². The zero-order chi connectivity index (χ0) is 11.8. The summed E-state index contributed by atoms with van der Waals surface area (Å²) in [7, 11) is 0. The fourth-order valence-electron chi connectivity index (χ4n) is 1.33. The van der Waals surface area contributed by atoms with Gasteiger partial charge in [-0.25, -0.2) is 0 Å². The van der Waals surface area contributed by atoms with E-state index in [1.54, 1.807) is 6.92 Å². The molecule has 6 heteroatoms. The van der Waals surface area contributed by atoms with Gasteiger partial charge < -0.3 is 5.73 Å². The van der Waals surface area contributed by atoms with Gasteiger partial charge in [0.05, 0.1) is 12.6 Å². The van der Waals surface area contributed by atoms with Crippen LogP contribution in [0.5, 0.6) is 0 Å². The first kappa shape index (κ1) is 11.0. The van der Waals surface area contributed by atoms with Gasteiger partial charge in [-0.1, -0.05) is 15.9 Å². The Hall–Kier alpha value is -1.45. The summed E-state index contributed by atoms with van der Waals surface area (Å²) in [6.07, 6.45) is 0. The van der Waals surface area contributed by atoms with Crippen molar-refractivity contribution < 1.29 is 0 Å². The zero-order valence-electron chi connectivity index (χ0n) is 8.68. The van der Waals surface area contributed by atoms with E-state index >= 15 is 0 Å². The number of benzene rings is 1. The standard InChI is InChI=1S/C10H10BrN5/c1-10(13,5-12)6-16-14-8-3-2-7(11)4-9(8)15-16/h2-4H,6,13H2,1H3. The fraction of sp³-hybridized carbons (Fsp3) is 0.300. The Morgan fingerprint density at radius 3 is 2.88 bits per heavy atom. The van der Waals surface area contributed by atoms with Crippen LogP contribution in [0.15, 0.2) is 22.7 Å². The molecule has 0 aliphatic carbocycles. The molecule has 0 saturated carbocycles. The Balaban J connectivity index is 2.38. The number of nitrogens with zero attached hydrogens (tertiary/aromatic N) is 4. The van der Waals surface area contributed by atoms with Crippen LogP contribution in [-0.2, 0) is 6.54 Å². The molecule has 1 unspecified atom stereocenters. The molecule has 0 radical (unpaired) electrons. The van der Waals surface area contributed by atoms with E-state index in [1.807, 2.05) is 24.3 Å². The first-order chi connectivity index (χ1) is 7.50. The second kappa shape index (κ2) is 3.85. The molecular weight excluding hydrogens is 270 g/mol. The van der Waals surface area contributed by atoms with Crippen molar-refractivity contribution in [3.05, 3.63) is 22.7 Å². The molecule has 0 saturated heterocycles. The van der Waals surface area contributed by atoms with Crippen molar-refractivity contribution in [2.75, 3.05) is 0 Å². The molecule has 0 bridgehead atoms. The summed E-state index contributed by atoms with van der Waals surface area (Å²) in [6, 6.07) is 7.65. The highest BCUT2D eigenvalue weighted by Crippen LogP contribution is 2.16. The van der Waals surface area contributed by atoms with Gasteiger partial charge in [-0.2, -0.15) is 20.3 Å². The van der Waals surface area contributed by atoms with Gasteiger partial charge in [0.15, 0.2) is 0 Å². The van der Waals surface area contributed by atoms with E-state index in [1.165, 1.54) is 4.80 Å². The predicted octanol–water partition coefficient (Wildman–Crippen LogP) is 1.43. The molecule has 1 aromatic carbocycles. The van der Waals surface area contributed by atoms with Crippen molar-refractivity contribution >= 4 is 27.0 Å². The van der Waals surface area contributed by atoms with Gasteiger partial charge in [0.25, 0.3) is 0 Å². The third-order valence-electron chi connectivity index (χ3n) is 2.11. The third kappa shape index (κ3) is 2.21. The number of halogens is 1. The van der Waals surface area contributed by atoms with Crippen LogP contribution >= 0.6 is 15.9 Å². The van der Waals surface area contributed by atoms with Crippen LogP contribution in [0.25, 0.3) is 11.0 Å². The van der Waals surface area contributed by atoms with Gasteiger partial charge in [0, 0.05) is 4.47 Å². The van der Waals surface area contributed by atoms with E-state index in [2.05, 4.69) is 26.1 Å². The second-order valence-corrected chi connectivity index (χ2v) is 4.81. The van der Waals surface area contributed by atoms with Crippen molar-refractivity contribution in [2.24, 2.45) is 5.73 Å². The molecule has 0 spiro atoms. The molecule has 1 aromatic heterocycles. The van der Waals surface area contributed by atoms with Crippen LogP contribution in [0, 0.1) is 11.3 Å². The van der Waals surface area contributed by atoms with E-state index in [0.717, 1.165) is 15.5 Å². The minimum Gasteiger partial charge on any atom is -0.312 e. The lowest BCUT2D eigenvalue weighted by molar-refractivity contribution is 0.423. The average molecular weight is 280 g/mol. The highest BCUT2D eigenvalue weighted by atomic mass is 79.9. The first-order valence-electron chi connectivity index (χ1n) is 4.71. The number of rotatable bonds is 2. The van der Waals surface area contributed by atoms with Crippen molar-refractivity contribution in [1.29, 1.82) is 5.26 Å². The monoisotopic (exact) mass is 279 g/mol. The Morgan fingerprint density at radius 2 is 2.19 bits per heavy atom. The summed E-state index contributed by atoms with van der Waals surface area (Å²) in [4.78, 5) is 1.46. The predicted molar refractivity (Wildman–Crippen MR) is 63.4 cm³/mol. The molecule has 2 N–H and O–H groups in total. The largest absolute Gasteiger partial charge is 0.312 e. The molecule has 82 valence electrons. The number of aromatic nitrogens is 3. The molecule has 1 heterocycles. The molecular formula is C10H10BrN5. The lowest BCUT2D eigenvalue weighted by Gasteiger charge is -2.13. The van der Waals surface area contributed by atoms with Crippen LogP contribution in [-0.4, -0.2) is 20.5 Å². The van der Waals surface area contributed by atoms with Crippen LogP contribution in [0.4, 0.5) is 0 Å². The van der Waals surface area contributed by atoms with Gasteiger partial charge in [-0.3, -0.25) is 0 Å². The molecule has 0 fully saturated rings. The van der Waals surface area contributed by atoms with Crippen LogP contribution in [0.3, 0.4) is 0 Å². The molecule has 16 heavy (non-hydrogen) atoms. The Kier molecular flexibility index (Phi) is 2.66. The lowest BCUT2D eigenvalue weighted by atomic mass is 10.1. The number of fused-ring (bicyclic) bond motifs is 1. The smallest absolute Gasteiger partial charge is 0.122 e. The highest BCUT2D eigenvalue weighted by Gasteiger charge is 2.19. The Labute approximate surface area is 101 Å². The van der Waals surface area contributed by atoms with E-state index in [0.29, 0.717) is 0 Å². The number of nitrogens with two attached hydrogens (primary N) is 1. The lowest BCUT2D eigenvalue weighted by Crippen LogP contribution is -2.39. The number of hydrogen-bond acceptors (Lipinski definition) is 4. The quantitative estimate of drug-likeness (QED) is 0.902. The van der Waals surface area contributed by atoms with E-state index in [4.69, 9.17) is 11.0 Å². The van der Waals surface area contributed by atoms with E-state index in [9.17, 15) is 0 Å². The van der Waals surface area contributed by atoms with Crippen molar-refractivity contribution in [1.82, 2.24) is 15.0 Å². The molecule has 5 nitrogen and oxygen atoms in total. The van der Waals surface area contributed by atoms with E-state index in [-0.39, 0.29) is 6.54 Å². The van der Waals surface area contributed by atoms with Crippen molar-refractivity contribution in [3.8, 4) is 6.07 Å². The van der Waals surface area contributed by atoms with Crippen LogP contribution < -0.4 is 5.73 Å². The topological polar surface area (TPSA) is 80.5 Å². The average Bonchev–Trinajstić information content (AvgIpc) is 2.58. The summed E-state index contributed by atoms with van der Waals surface area (Å²) in [5.74, 6) is 0. The van der Waals surface area contributed by atoms with E-state index < -0.39 is 5.54 Å². The maximum Gasteiger partial charge on any atom is 0.122 e. The van der Waals surface area contributed by atoms with Gasteiger partial charge in [-0.05, 0) is 25.1 Å². The van der Waals surface area contributed by atoms with Gasteiger partial charge in [0.1, 0.15) is 16.6 Å². The normalized spacial score (nSPS) is 14.6. The molecule has 2 rings (SSSR count). The zero-order valence-corrected chi connectivity index (χ0v) is 10.3. The van der Waals surface area contributed by atoms with Crippen molar-refractivity contribution in [3.63, 3.8) is 0 Å². The molecule has 0 aliphatic heterocycles. The minimum atomic E-state index is -0.952. The SMILES string of the molecule is CC(N)(C#N)Cn1nc2ccc(Br)cc2n1. The Bertz CT molecular complexity index is 566. The summed E-state index contributed by atoms with van der Waals surface area (Å²) in [6.45, 7) is 1.92. The minimum absolute atomic E-state index is 0.274. The maximum absolute atomic E-state index is 8.82. The van der Waals surface area contributed by atoms with Gasteiger partial charge in [0.2, 0.25) is 0 Å². The van der Waals surface area contributed by atoms with Crippen LogP contribution in [0.2, 0.25) is 0 Å². The number of hydrogen-bond donors (Lipinski definition) is 1. The number of nitriles is 1. The molecule has 0 amide bonds.